The Morgan fingerprint density at radius 1 is 1.12 bits per heavy atom. The van der Waals surface area contributed by atoms with Gasteiger partial charge in [-0.15, -0.1) is 0 Å². The van der Waals surface area contributed by atoms with Crippen LogP contribution in [0, 0.1) is 5.82 Å². The van der Waals surface area contributed by atoms with Gasteiger partial charge in [0.2, 0.25) is 11.8 Å². The van der Waals surface area contributed by atoms with E-state index in [9.17, 15) is 14.0 Å². The highest BCUT2D eigenvalue weighted by Crippen LogP contribution is 2.27. The van der Waals surface area contributed by atoms with Gasteiger partial charge in [0.1, 0.15) is 11.6 Å². The number of hydrogen-bond acceptors (Lipinski definition) is 3. The number of nitrogens with one attached hydrogen (secondary N) is 1. The number of benzene rings is 2. The number of ether oxygens (including phenoxy) is 1. The Balaban J connectivity index is 1.85. The van der Waals surface area contributed by atoms with Crippen molar-refractivity contribution in [3.05, 3.63) is 59.9 Å². The number of carbonyl (C=O) groups is 2. The maximum atomic E-state index is 12.9. The van der Waals surface area contributed by atoms with Crippen molar-refractivity contribution in [1.82, 2.24) is 5.32 Å². The lowest BCUT2D eigenvalue weighted by atomic mass is 10.1. The molecule has 0 unspecified atom stereocenters. The Labute approximate surface area is 152 Å². The Morgan fingerprint density at radius 3 is 2.46 bits per heavy atom. The van der Waals surface area contributed by atoms with Gasteiger partial charge in [0.25, 0.3) is 0 Å². The van der Waals surface area contributed by atoms with E-state index in [0.29, 0.717) is 24.4 Å². The van der Waals surface area contributed by atoms with Crippen LogP contribution in [-0.4, -0.2) is 32.0 Å². The molecule has 138 valence electrons. The van der Waals surface area contributed by atoms with Crippen molar-refractivity contribution in [3.63, 3.8) is 0 Å². The number of para-hydroxylation sites is 2. The van der Waals surface area contributed by atoms with E-state index in [-0.39, 0.29) is 30.6 Å². The quantitative estimate of drug-likeness (QED) is 0.789. The molecule has 2 aromatic carbocycles. The second-order valence-electron chi connectivity index (χ2n) is 5.82. The summed E-state index contributed by atoms with van der Waals surface area (Å²) in [5, 5.41) is 2.82. The zero-order valence-corrected chi connectivity index (χ0v) is 15.0. The molecule has 1 N–H and O–H groups in total. The molecular formula is C20H23FN2O3. The van der Waals surface area contributed by atoms with Gasteiger partial charge >= 0.3 is 0 Å². The van der Waals surface area contributed by atoms with Crippen LogP contribution in [0.3, 0.4) is 0 Å². The Hall–Kier alpha value is -2.89. The summed E-state index contributed by atoms with van der Waals surface area (Å²) in [7, 11) is 1.54. The molecule has 26 heavy (non-hydrogen) atoms. The molecule has 2 aromatic rings. The summed E-state index contributed by atoms with van der Waals surface area (Å²) in [5.41, 5.74) is 1.59. The third-order valence-corrected chi connectivity index (χ3v) is 3.97. The first-order valence-corrected chi connectivity index (χ1v) is 8.43. The summed E-state index contributed by atoms with van der Waals surface area (Å²) in [6.07, 6.45) is 0.802. The number of amides is 2. The highest BCUT2D eigenvalue weighted by Gasteiger charge is 2.16. The monoisotopic (exact) mass is 358 g/mol. The third-order valence-electron chi connectivity index (χ3n) is 3.97. The van der Waals surface area contributed by atoms with Crippen molar-refractivity contribution >= 4 is 17.5 Å². The van der Waals surface area contributed by atoms with Gasteiger partial charge in [-0.05, 0) is 36.2 Å². The lowest BCUT2D eigenvalue weighted by molar-refractivity contribution is -0.121. The van der Waals surface area contributed by atoms with E-state index in [4.69, 9.17) is 4.74 Å². The highest BCUT2D eigenvalue weighted by molar-refractivity contribution is 5.93. The maximum Gasteiger partial charge on any atom is 0.223 e. The lowest BCUT2D eigenvalue weighted by Crippen LogP contribution is -2.34. The van der Waals surface area contributed by atoms with Crippen LogP contribution in [0.15, 0.2) is 48.5 Å². The summed E-state index contributed by atoms with van der Waals surface area (Å²) in [6, 6.07) is 13.4. The number of rotatable bonds is 8. The molecule has 0 atom stereocenters. The largest absolute Gasteiger partial charge is 0.495 e. The molecule has 0 heterocycles. The SMILES string of the molecule is COc1ccccc1N(CCC(=O)NCCc1ccc(F)cc1)C(C)=O. The van der Waals surface area contributed by atoms with E-state index < -0.39 is 0 Å². The average molecular weight is 358 g/mol. The summed E-state index contributed by atoms with van der Waals surface area (Å²) < 4.78 is 18.1. The predicted molar refractivity (Wildman–Crippen MR) is 98.8 cm³/mol. The first-order chi connectivity index (χ1) is 12.5. The zero-order chi connectivity index (χ0) is 18.9. The van der Waals surface area contributed by atoms with Gasteiger partial charge in [-0.2, -0.15) is 0 Å². The molecule has 2 rings (SSSR count). The smallest absolute Gasteiger partial charge is 0.223 e. The fourth-order valence-corrected chi connectivity index (χ4v) is 2.60. The fraction of sp³-hybridized carbons (Fsp3) is 0.300. The molecule has 0 spiro atoms. The molecule has 2 amide bonds. The molecule has 0 bridgehead atoms. The first-order valence-electron chi connectivity index (χ1n) is 8.43. The normalized spacial score (nSPS) is 10.3. The van der Waals surface area contributed by atoms with E-state index in [2.05, 4.69) is 5.32 Å². The molecule has 5 nitrogen and oxygen atoms in total. The van der Waals surface area contributed by atoms with Crippen LogP contribution in [0.1, 0.15) is 18.9 Å². The molecule has 0 fully saturated rings. The second-order valence-corrected chi connectivity index (χ2v) is 5.82. The molecule has 0 aliphatic heterocycles. The summed E-state index contributed by atoms with van der Waals surface area (Å²) in [5.74, 6) is -0.000241. The molecule has 0 radical (unpaired) electrons. The van der Waals surface area contributed by atoms with Crippen molar-refractivity contribution in [3.8, 4) is 5.75 Å². The van der Waals surface area contributed by atoms with E-state index >= 15 is 0 Å². The molecule has 6 heteroatoms. The Kier molecular flexibility index (Phi) is 7.14. The van der Waals surface area contributed by atoms with Crippen molar-refractivity contribution in [2.75, 3.05) is 25.1 Å². The van der Waals surface area contributed by atoms with E-state index in [1.807, 2.05) is 12.1 Å². The van der Waals surface area contributed by atoms with Crippen molar-refractivity contribution in [1.29, 1.82) is 0 Å². The average Bonchev–Trinajstić information content (AvgIpc) is 2.63. The number of anilines is 1. The minimum Gasteiger partial charge on any atom is -0.495 e. The van der Waals surface area contributed by atoms with Gasteiger partial charge in [0, 0.05) is 26.4 Å². The fourth-order valence-electron chi connectivity index (χ4n) is 2.60. The van der Waals surface area contributed by atoms with Gasteiger partial charge in [-0.25, -0.2) is 4.39 Å². The van der Waals surface area contributed by atoms with Crippen LogP contribution in [-0.2, 0) is 16.0 Å². The number of halogens is 1. The molecule has 0 aliphatic carbocycles. The third kappa shape index (κ3) is 5.58. The highest BCUT2D eigenvalue weighted by atomic mass is 19.1. The molecular weight excluding hydrogens is 335 g/mol. The van der Waals surface area contributed by atoms with Gasteiger partial charge in [-0.3, -0.25) is 9.59 Å². The van der Waals surface area contributed by atoms with Crippen LogP contribution in [0.4, 0.5) is 10.1 Å². The Bertz CT molecular complexity index is 747. The summed E-state index contributed by atoms with van der Waals surface area (Å²) in [6.45, 7) is 2.18. The zero-order valence-electron chi connectivity index (χ0n) is 15.0. The molecule has 0 aliphatic rings. The first kappa shape index (κ1) is 19.4. The van der Waals surface area contributed by atoms with Gasteiger partial charge in [-0.1, -0.05) is 24.3 Å². The van der Waals surface area contributed by atoms with Gasteiger partial charge in [0.05, 0.1) is 12.8 Å². The van der Waals surface area contributed by atoms with E-state index in [1.54, 1.807) is 31.4 Å². The van der Waals surface area contributed by atoms with Gasteiger partial charge < -0.3 is 15.0 Å². The lowest BCUT2D eigenvalue weighted by Gasteiger charge is -2.23. The number of methoxy groups -OCH3 is 1. The Morgan fingerprint density at radius 2 is 1.81 bits per heavy atom. The molecule has 0 saturated carbocycles. The van der Waals surface area contributed by atoms with Crippen LogP contribution in [0.2, 0.25) is 0 Å². The van der Waals surface area contributed by atoms with Crippen molar-refractivity contribution in [2.24, 2.45) is 0 Å². The van der Waals surface area contributed by atoms with Crippen molar-refractivity contribution < 1.29 is 18.7 Å². The topological polar surface area (TPSA) is 58.6 Å². The maximum absolute atomic E-state index is 12.9. The second kappa shape index (κ2) is 9.56. The standard InChI is InChI=1S/C20H23FN2O3/c1-15(24)23(18-5-3-4-6-19(18)26-2)14-12-20(25)22-13-11-16-7-9-17(21)10-8-16/h3-10H,11-14H2,1-2H3,(H,22,25). The minimum absolute atomic E-state index is 0.145. The van der Waals surface area contributed by atoms with E-state index in [0.717, 1.165) is 5.56 Å². The van der Waals surface area contributed by atoms with E-state index in [1.165, 1.54) is 24.0 Å². The van der Waals surface area contributed by atoms with Crippen LogP contribution < -0.4 is 15.0 Å². The minimum atomic E-state index is -0.279. The molecule has 0 aromatic heterocycles. The van der Waals surface area contributed by atoms with Crippen LogP contribution in [0.5, 0.6) is 5.75 Å². The number of carbonyl (C=O) groups excluding carboxylic acids is 2. The number of hydrogen-bond donors (Lipinski definition) is 1. The predicted octanol–water partition coefficient (Wildman–Crippen LogP) is 2.94. The summed E-state index contributed by atoms with van der Waals surface area (Å²) in [4.78, 5) is 25.5. The van der Waals surface area contributed by atoms with Crippen LogP contribution >= 0.6 is 0 Å². The summed E-state index contributed by atoms with van der Waals surface area (Å²) >= 11 is 0. The van der Waals surface area contributed by atoms with Crippen molar-refractivity contribution in [2.45, 2.75) is 19.8 Å². The molecule has 0 saturated heterocycles. The van der Waals surface area contributed by atoms with Gasteiger partial charge in [0.15, 0.2) is 0 Å². The number of nitrogens with zero attached hydrogens (tertiary/aromatic N) is 1. The van der Waals surface area contributed by atoms with Crippen LogP contribution in [0.25, 0.3) is 0 Å².